The average molecular weight is 355 g/mol. The van der Waals surface area contributed by atoms with Crippen LogP contribution in [0.15, 0.2) is 48.5 Å². The van der Waals surface area contributed by atoms with Crippen molar-refractivity contribution in [2.45, 2.75) is 38.7 Å². The summed E-state index contributed by atoms with van der Waals surface area (Å²) in [4.78, 5) is 14.4. The first-order chi connectivity index (χ1) is 12.5. The molecule has 1 N–H and O–H groups in total. The molecule has 1 amide bonds. The van der Waals surface area contributed by atoms with Crippen molar-refractivity contribution in [1.29, 1.82) is 0 Å². The van der Waals surface area contributed by atoms with Crippen molar-refractivity contribution in [3.8, 4) is 0 Å². The molecule has 0 bridgehead atoms. The van der Waals surface area contributed by atoms with Crippen LogP contribution < -0.4 is 0 Å². The summed E-state index contributed by atoms with van der Waals surface area (Å²) in [6.45, 7) is 3.05. The molecular weight excluding hydrogens is 329 g/mol. The van der Waals surface area contributed by atoms with Gasteiger partial charge >= 0.3 is 0 Å². The second kappa shape index (κ2) is 8.45. The Labute approximate surface area is 154 Å². The first-order valence-electron chi connectivity index (χ1n) is 9.32. The Kier molecular flexibility index (Phi) is 6.04. The number of carbonyl (C=O) groups excluding carboxylic acids is 1. The number of aliphatic hydroxyl groups is 1. The van der Waals surface area contributed by atoms with Gasteiger partial charge in [-0.25, -0.2) is 4.39 Å². The van der Waals surface area contributed by atoms with Gasteiger partial charge in [-0.05, 0) is 61.8 Å². The van der Waals surface area contributed by atoms with E-state index in [4.69, 9.17) is 0 Å². The minimum atomic E-state index is -0.384. The fourth-order valence-corrected chi connectivity index (χ4v) is 3.68. The quantitative estimate of drug-likeness (QED) is 0.881. The Morgan fingerprint density at radius 3 is 2.58 bits per heavy atom. The molecule has 0 aromatic heterocycles. The van der Waals surface area contributed by atoms with Crippen LogP contribution in [0.25, 0.3) is 0 Å². The summed E-state index contributed by atoms with van der Waals surface area (Å²) in [5, 5.41) is 10.5. The van der Waals surface area contributed by atoms with Crippen LogP contribution in [0.1, 0.15) is 40.7 Å². The van der Waals surface area contributed by atoms with Gasteiger partial charge in [0.05, 0.1) is 6.10 Å². The summed E-state index contributed by atoms with van der Waals surface area (Å²) in [5.74, 6) is -0.277. The van der Waals surface area contributed by atoms with Gasteiger partial charge < -0.3 is 10.0 Å². The Morgan fingerprint density at radius 1 is 1.19 bits per heavy atom. The number of halogens is 1. The van der Waals surface area contributed by atoms with Crippen LogP contribution in [0.4, 0.5) is 4.39 Å². The van der Waals surface area contributed by atoms with E-state index in [1.807, 2.05) is 25.1 Å². The molecule has 1 atom stereocenters. The van der Waals surface area contributed by atoms with Crippen molar-refractivity contribution in [1.82, 2.24) is 4.90 Å². The number of piperidine rings is 1. The summed E-state index contributed by atoms with van der Waals surface area (Å²) >= 11 is 0. The number of aliphatic hydroxyl groups excluding tert-OH is 1. The number of benzene rings is 2. The Bertz CT molecular complexity index is 739. The van der Waals surface area contributed by atoms with Gasteiger partial charge in [-0.15, -0.1) is 0 Å². The van der Waals surface area contributed by atoms with Gasteiger partial charge in [-0.2, -0.15) is 0 Å². The second-order valence-electron chi connectivity index (χ2n) is 7.18. The molecular formula is C22H26FNO2. The lowest BCUT2D eigenvalue weighted by molar-refractivity contribution is 0.0436. The first kappa shape index (κ1) is 18.6. The second-order valence-corrected chi connectivity index (χ2v) is 7.18. The predicted octanol–water partition coefficient (Wildman–Crippen LogP) is 3.98. The van der Waals surface area contributed by atoms with Crippen molar-refractivity contribution < 1.29 is 14.3 Å². The van der Waals surface area contributed by atoms with Crippen LogP contribution in [0.3, 0.4) is 0 Å². The number of rotatable bonds is 5. The van der Waals surface area contributed by atoms with Crippen molar-refractivity contribution in [3.63, 3.8) is 0 Å². The molecule has 0 unspecified atom stereocenters. The minimum absolute atomic E-state index is 0.112. The Balaban J connectivity index is 1.52. The third-order valence-corrected chi connectivity index (χ3v) is 5.37. The maximum atomic E-state index is 13.5. The molecule has 1 fully saturated rings. The van der Waals surface area contributed by atoms with Gasteiger partial charge in [0.1, 0.15) is 5.82 Å². The van der Waals surface area contributed by atoms with E-state index in [9.17, 15) is 14.3 Å². The molecule has 26 heavy (non-hydrogen) atoms. The Morgan fingerprint density at radius 2 is 1.88 bits per heavy atom. The zero-order valence-corrected chi connectivity index (χ0v) is 15.2. The molecule has 0 saturated carbocycles. The van der Waals surface area contributed by atoms with Crippen LogP contribution in [-0.4, -0.2) is 35.1 Å². The smallest absolute Gasteiger partial charge is 0.254 e. The van der Waals surface area contributed by atoms with E-state index in [2.05, 4.69) is 12.1 Å². The molecule has 1 saturated heterocycles. The topological polar surface area (TPSA) is 40.5 Å². The standard InChI is InChI=1S/C22H26FNO2/c1-16-7-9-19(23)15-20(16)22(26)24-13-11-18(12-14-24)21(25)10-8-17-5-3-2-4-6-17/h2-7,9,15,18,21,25H,8,10-14H2,1H3/t21-/m0/s1. The van der Waals surface area contributed by atoms with Gasteiger partial charge in [0, 0.05) is 18.7 Å². The van der Waals surface area contributed by atoms with Crippen molar-refractivity contribution in [2.75, 3.05) is 13.1 Å². The molecule has 1 heterocycles. The molecule has 0 aliphatic carbocycles. The fraction of sp³-hybridized carbons (Fsp3) is 0.409. The summed E-state index contributed by atoms with van der Waals surface area (Å²) in [6, 6.07) is 14.5. The highest BCUT2D eigenvalue weighted by Gasteiger charge is 2.28. The number of amides is 1. The maximum Gasteiger partial charge on any atom is 0.254 e. The van der Waals surface area contributed by atoms with Crippen LogP contribution in [0.5, 0.6) is 0 Å². The molecule has 0 spiro atoms. The van der Waals surface area contributed by atoms with E-state index in [-0.39, 0.29) is 23.7 Å². The lowest BCUT2D eigenvalue weighted by Crippen LogP contribution is -2.41. The predicted molar refractivity (Wildman–Crippen MR) is 101 cm³/mol. The van der Waals surface area contributed by atoms with Gasteiger partial charge in [-0.3, -0.25) is 4.79 Å². The monoisotopic (exact) mass is 355 g/mol. The molecule has 1 aliphatic rings. The summed E-state index contributed by atoms with van der Waals surface area (Å²) < 4.78 is 13.5. The highest BCUT2D eigenvalue weighted by Crippen LogP contribution is 2.25. The normalized spacial score (nSPS) is 16.5. The molecule has 4 heteroatoms. The zero-order valence-electron chi connectivity index (χ0n) is 15.2. The Hall–Kier alpha value is -2.20. The minimum Gasteiger partial charge on any atom is -0.393 e. The van der Waals surface area contributed by atoms with Crippen molar-refractivity contribution >= 4 is 5.91 Å². The summed E-state index contributed by atoms with van der Waals surface area (Å²) in [6.07, 6.45) is 2.84. The van der Waals surface area contributed by atoms with Gasteiger partial charge in [0.2, 0.25) is 0 Å². The van der Waals surface area contributed by atoms with Crippen molar-refractivity contribution in [3.05, 3.63) is 71.0 Å². The van der Waals surface area contributed by atoms with Crippen LogP contribution in [0, 0.1) is 18.7 Å². The van der Waals surface area contributed by atoms with Gasteiger partial charge in [0.15, 0.2) is 0 Å². The third-order valence-electron chi connectivity index (χ3n) is 5.37. The lowest BCUT2D eigenvalue weighted by atomic mass is 9.88. The number of carbonyl (C=O) groups is 1. The van der Waals surface area contributed by atoms with E-state index in [0.29, 0.717) is 18.7 Å². The number of aryl methyl sites for hydroxylation is 2. The molecule has 1 aliphatic heterocycles. The number of hydrogen-bond donors (Lipinski definition) is 1. The highest BCUT2D eigenvalue weighted by molar-refractivity contribution is 5.95. The van der Waals surface area contributed by atoms with E-state index in [1.165, 1.54) is 17.7 Å². The van der Waals surface area contributed by atoms with E-state index in [1.54, 1.807) is 11.0 Å². The van der Waals surface area contributed by atoms with E-state index < -0.39 is 0 Å². The molecule has 3 rings (SSSR count). The van der Waals surface area contributed by atoms with Gasteiger partial charge in [-0.1, -0.05) is 36.4 Å². The lowest BCUT2D eigenvalue weighted by Gasteiger charge is -2.34. The molecule has 3 nitrogen and oxygen atoms in total. The maximum absolute atomic E-state index is 13.5. The van der Waals surface area contributed by atoms with Crippen molar-refractivity contribution in [2.24, 2.45) is 5.92 Å². The van der Waals surface area contributed by atoms with Gasteiger partial charge in [0.25, 0.3) is 5.91 Å². The third kappa shape index (κ3) is 4.50. The summed E-state index contributed by atoms with van der Waals surface area (Å²) in [7, 11) is 0. The van der Waals surface area contributed by atoms with Crippen LogP contribution in [-0.2, 0) is 6.42 Å². The van der Waals surface area contributed by atoms with E-state index >= 15 is 0 Å². The fourth-order valence-electron chi connectivity index (χ4n) is 3.68. The van der Waals surface area contributed by atoms with Crippen LogP contribution >= 0.6 is 0 Å². The van der Waals surface area contributed by atoms with E-state index in [0.717, 1.165) is 31.2 Å². The molecule has 2 aromatic carbocycles. The summed E-state index contributed by atoms with van der Waals surface area (Å²) in [5.41, 5.74) is 2.47. The number of likely N-dealkylation sites (tertiary alicyclic amines) is 1. The SMILES string of the molecule is Cc1ccc(F)cc1C(=O)N1CCC([C@@H](O)CCc2ccccc2)CC1. The average Bonchev–Trinajstić information content (AvgIpc) is 2.68. The first-order valence-corrected chi connectivity index (χ1v) is 9.32. The number of hydrogen-bond acceptors (Lipinski definition) is 2. The van der Waals surface area contributed by atoms with Crippen LogP contribution in [0.2, 0.25) is 0 Å². The largest absolute Gasteiger partial charge is 0.393 e. The highest BCUT2D eigenvalue weighted by atomic mass is 19.1. The molecule has 138 valence electrons. The zero-order chi connectivity index (χ0) is 18.5. The molecule has 0 radical (unpaired) electrons. The molecule has 2 aromatic rings. The number of nitrogens with zero attached hydrogens (tertiary/aromatic N) is 1.